The molecule has 2 atom stereocenters. The van der Waals surface area contributed by atoms with E-state index < -0.39 is 23.1 Å². The van der Waals surface area contributed by atoms with Crippen LogP contribution in [0.5, 0.6) is 0 Å². The van der Waals surface area contributed by atoms with Crippen molar-refractivity contribution in [3.63, 3.8) is 0 Å². The molecule has 0 spiro atoms. The number of aromatic nitrogens is 2. The molecular weight excluding hydrogens is 324 g/mol. The first-order valence-corrected chi connectivity index (χ1v) is 8.07. The fourth-order valence-corrected chi connectivity index (χ4v) is 2.82. The molecule has 0 radical (unpaired) electrons. The summed E-state index contributed by atoms with van der Waals surface area (Å²) in [5, 5.41) is 0. The van der Waals surface area contributed by atoms with Crippen molar-refractivity contribution in [3.05, 3.63) is 68.5 Å². The molecule has 7 heteroatoms. The lowest BCUT2D eigenvalue weighted by atomic mass is 10.2. The van der Waals surface area contributed by atoms with Crippen molar-refractivity contribution < 1.29 is 14.3 Å². The third-order valence-electron chi connectivity index (χ3n) is 4.21. The molecule has 3 rings (SSSR count). The van der Waals surface area contributed by atoms with E-state index in [1.165, 1.54) is 17.7 Å². The Morgan fingerprint density at radius 1 is 1.20 bits per heavy atom. The normalized spacial score (nSPS) is 18.6. The van der Waals surface area contributed by atoms with Crippen LogP contribution in [0.15, 0.2) is 46.1 Å². The Labute approximate surface area is 143 Å². The number of benzene rings is 1. The van der Waals surface area contributed by atoms with E-state index in [1.807, 2.05) is 0 Å². The summed E-state index contributed by atoms with van der Waals surface area (Å²) in [6.07, 6.45) is 1.86. The predicted molar refractivity (Wildman–Crippen MR) is 89.6 cm³/mol. The third kappa shape index (κ3) is 3.05. The van der Waals surface area contributed by atoms with Crippen molar-refractivity contribution in [1.29, 1.82) is 0 Å². The second-order valence-electron chi connectivity index (χ2n) is 5.98. The molecule has 0 unspecified atom stereocenters. The summed E-state index contributed by atoms with van der Waals surface area (Å²) >= 11 is 0. The van der Waals surface area contributed by atoms with Crippen LogP contribution in [0.25, 0.3) is 0 Å². The molecule has 1 fully saturated rings. The first-order chi connectivity index (χ1) is 12.0. The lowest BCUT2D eigenvalue weighted by Crippen LogP contribution is -2.44. The van der Waals surface area contributed by atoms with Gasteiger partial charge in [-0.2, -0.15) is 4.57 Å². The number of nitrogens with zero attached hydrogens (tertiary/aromatic N) is 2. The van der Waals surface area contributed by atoms with E-state index in [0.717, 1.165) is 0 Å². The molecule has 130 valence electrons. The van der Waals surface area contributed by atoms with Gasteiger partial charge in [0.15, 0.2) is 0 Å². The second-order valence-corrected chi connectivity index (χ2v) is 5.98. The van der Waals surface area contributed by atoms with Crippen molar-refractivity contribution in [2.45, 2.75) is 26.3 Å². The van der Waals surface area contributed by atoms with Gasteiger partial charge in [-0.25, -0.2) is 4.79 Å². The molecule has 2 aromatic rings. The van der Waals surface area contributed by atoms with E-state index in [0.29, 0.717) is 11.0 Å². The van der Waals surface area contributed by atoms with Gasteiger partial charge < -0.3 is 4.74 Å². The van der Waals surface area contributed by atoms with Gasteiger partial charge >= 0.3 is 11.7 Å². The molecular formula is C18H18N2O5. The van der Waals surface area contributed by atoms with Crippen LogP contribution in [0, 0.1) is 12.8 Å². The maximum atomic E-state index is 12.7. The van der Waals surface area contributed by atoms with E-state index in [4.69, 9.17) is 4.74 Å². The molecule has 7 nitrogen and oxygen atoms in total. The Balaban J connectivity index is 2.03. The first-order valence-electron chi connectivity index (χ1n) is 8.07. The van der Waals surface area contributed by atoms with Gasteiger partial charge in [-0.05, 0) is 32.4 Å². The Morgan fingerprint density at radius 2 is 1.88 bits per heavy atom. The number of rotatable bonds is 4. The van der Waals surface area contributed by atoms with E-state index in [1.54, 1.807) is 37.3 Å². The van der Waals surface area contributed by atoms with Crippen LogP contribution >= 0.6 is 0 Å². The van der Waals surface area contributed by atoms with E-state index in [9.17, 15) is 19.2 Å². The fraction of sp³-hybridized carbons (Fsp3) is 0.333. The standard InChI is InChI=1S/C18H18N2O5/c1-3-25-17(23)13-9-14(13)19-10-11(2)15(21)20(18(19)24)16(22)12-7-5-4-6-8-12/h4-8,10,13-14H,3,9H2,1-2H3/t13-,14-/m1/s1. The zero-order valence-corrected chi connectivity index (χ0v) is 14.0. The first kappa shape index (κ1) is 16.9. The van der Waals surface area contributed by atoms with Gasteiger partial charge in [-0.3, -0.25) is 19.0 Å². The average Bonchev–Trinajstić information content (AvgIpc) is 3.40. The quantitative estimate of drug-likeness (QED) is 0.778. The Hall–Kier alpha value is -2.96. The molecule has 1 aromatic carbocycles. The maximum absolute atomic E-state index is 12.7. The number of aryl methyl sites for hydroxylation is 1. The van der Waals surface area contributed by atoms with Crippen molar-refractivity contribution in [3.8, 4) is 0 Å². The summed E-state index contributed by atoms with van der Waals surface area (Å²) in [4.78, 5) is 49.5. The number of ether oxygens (including phenoxy) is 1. The van der Waals surface area contributed by atoms with Crippen molar-refractivity contribution in [2.75, 3.05) is 6.61 Å². The van der Waals surface area contributed by atoms with Crippen LogP contribution in [0.2, 0.25) is 0 Å². The molecule has 0 N–H and O–H groups in total. The number of carbonyl (C=O) groups is 2. The highest BCUT2D eigenvalue weighted by molar-refractivity contribution is 5.95. The summed E-state index contributed by atoms with van der Waals surface area (Å²) in [6.45, 7) is 3.51. The third-order valence-corrected chi connectivity index (χ3v) is 4.21. The summed E-state index contributed by atoms with van der Waals surface area (Å²) < 4.78 is 6.89. The molecule has 1 aliphatic carbocycles. The monoisotopic (exact) mass is 342 g/mol. The largest absolute Gasteiger partial charge is 0.466 e. The molecule has 0 aliphatic heterocycles. The van der Waals surface area contributed by atoms with Gasteiger partial charge in [0.1, 0.15) is 0 Å². The Kier molecular flexibility index (Phi) is 4.39. The smallest absolute Gasteiger partial charge is 0.338 e. The second kappa shape index (κ2) is 6.51. The van der Waals surface area contributed by atoms with E-state index in [2.05, 4.69) is 0 Å². The van der Waals surface area contributed by atoms with Gasteiger partial charge in [-0.15, -0.1) is 0 Å². The SMILES string of the molecule is CCOC(=O)[C@@H]1C[C@H]1n1cc(C)c(=O)n(C(=O)c2ccccc2)c1=O. The van der Waals surface area contributed by atoms with Crippen molar-refractivity contribution in [1.82, 2.24) is 9.13 Å². The van der Waals surface area contributed by atoms with Crippen molar-refractivity contribution in [2.24, 2.45) is 5.92 Å². The summed E-state index contributed by atoms with van der Waals surface area (Å²) in [6, 6.07) is 7.75. The molecule has 1 aromatic heterocycles. The minimum atomic E-state index is -0.735. The van der Waals surface area contributed by atoms with Gasteiger partial charge in [-0.1, -0.05) is 18.2 Å². The van der Waals surface area contributed by atoms with Crippen LogP contribution in [0.4, 0.5) is 0 Å². The molecule has 1 saturated carbocycles. The number of hydrogen-bond acceptors (Lipinski definition) is 5. The lowest BCUT2D eigenvalue weighted by molar-refractivity contribution is -0.144. The highest BCUT2D eigenvalue weighted by Crippen LogP contribution is 2.43. The van der Waals surface area contributed by atoms with Crippen molar-refractivity contribution >= 4 is 11.9 Å². The van der Waals surface area contributed by atoms with Gasteiger partial charge in [0.25, 0.3) is 11.5 Å². The zero-order chi connectivity index (χ0) is 18.1. The summed E-state index contributed by atoms with van der Waals surface area (Å²) in [5.74, 6) is -1.47. The van der Waals surface area contributed by atoms with Crippen LogP contribution in [-0.2, 0) is 9.53 Å². The van der Waals surface area contributed by atoms with Crippen LogP contribution < -0.4 is 11.2 Å². The molecule has 1 aliphatic rings. The van der Waals surface area contributed by atoms with E-state index in [-0.39, 0.29) is 29.7 Å². The van der Waals surface area contributed by atoms with E-state index >= 15 is 0 Å². The molecule has 0 bridgehead atoms. The predicted octanol–water partition coefficient (Wildman–Crippen LogP) is 1.13. The van der Waals surface area contributed by atoms with Crippen LogP contribution in [0.1, 0.15) is 35.3 Å². The van der Waals surface area contributed by atoms with Crippen LogP contribution in [-0.4, -0.2) is 27.6 Å². The molecule has 1 heterocycles. The van der Waals surface area contributed by atoms with Gasteiger partial charge in [0, 0.05) is 17.3 Å². The fourth-order valence-electron chi connectivity index (χ4n) is 2.82. The summed E-state index contributed by atoms with van der Waals surface area (Å²) in [7, 11) is 0. The minimum absolute atomic E-state index is 0.247. The molecule has 0 amide bonds. The number of hydrogen-bond donors (Lipinski definition) is 0. The number of esters is 1. The van der Waals surface area contributed by atoms with Gasteiger partial charge in [0.05, 0.1) is 18.6 Å². The minimum Gasteiger partial charge on any atom is -0.466 e. The van der Waals surface area contributed by atoms with Crippen LogP contribution in [0.3, 0.4) is 0 Å². The Morgan fingerprint density at radius 3 is 2.52 bits per heavy atom. The number of carbonyl (C=O) groups excluding carboxylic acids is 2. The average molecular weight is 342 g/mol. The Bertz CT molecular complexity index is 942. The molecule has 25 heavy (non-hydrogen) atoms. The van der Waals surface area contributed by atoms with Gasteiger partial charge in [0.2, 0.25) is 0 Å². The highest BCUT2D eigenvalue weighted by atomic mass is 16.5. The lowest BCUT2D eigenvalue weighted by Gasteiger charge is -2.11. The summed E-state index contributed by atoms with van der Waals surface area (Å²) in [5.41, 5.74) is -0.875. The highest BCUT2D eigenvalue weighted by Gasteiger charge is 2.46. The maximum Gasteiger partial charge on any atom is 0.338 e. The molecule has 0 saturated heterocycles. The topological polar surface area (TPSA) is 87.4 Å². The zero-order valence-electron chi connectivity index (χ0n) is 14.0.